The van der Waals surface area contributed by atoms with Crippen LogP contribution in [0.2, 0.25) is 5.02 Å². The van der Waals surface area contributed by atoms with Crippen LogP contribution in [0.5, 0.6) is 0 Å². The van der Waals surface area contributed by atoms with Gasteiger partial charge in [-0.05, 0) is 55.8 Å². The Labute approximate surface area is 202 Å². The molecule has 2 aromatic rings. The fourth-order valence-electron chi connectivity index (χ4n) is 2.71. The molecular formula is C22H26ClN3O7S. The molecular weight excluding hydrogens is 486 g/mol. The molecule has 0 aliphatic heterocycles. The van der Waals surface area contributed by atoms with E-state index in [1.165, 1.54) is 25.3 Å². The number of esters is 1. The molecule has 2 aromatic carbocycles. The second-order valence-corrected chi connectivity index (χ2v) is 10.4. The lowest BCUT2D eigenvalue weighted by Gasteiger charge is -2.22. The van der Waals surface area contributed by atoms with Crippen LogP contribution in [0, 0.1) is 0 Å². The molecule has 0 saturated heterocycles. The number of fused-ring (bicyclic) bond motifs is 1. The maximum atomic E-state index is 13.3. The lowest BCUT2D eigenvalue weighted by molar-refractivity contribution is -0.134. The monoisotopic (exact) mass is 511 g/mol. The SMILES string of the molecule is COC(=O)C=CCN(CC(=O)NNC(=O)OC(C)(C)C)S(=O)(=O)c1ccc2cc(Cl)ccc2c1. The van der Waals surface area contributed by atoms with E-state index in [4.69, 9.17) is 16.3 Å². The van der Waals surface area contributed by atoms with Crippen molar-refractivity contribution in [1.29, 1.82) is 0 Å². The molecule has 0 saturated carbocycles. The lowest BCUT2D eigenvalue weighted by Crippen LogP contribution is -2.49. The maximum Gasteiger partial charge on any atom is 0.426 e. The molecule has 2 amide bonds. The highest BCUT2D eigenvalue weighted by Crippen LogP contribution is 2.24. The zero-order chi connectivity index (χ0) is 25.5. The summed E-state index contributed by atoms with van der Waals surface area (Å²) in [4.78, 5) is 35.4. The molecule has 0 aliphatic rings. The topological polar surface area (TPSA) is 131 Å². The van der Waals surface area contributed by atoms with E-state index in [-0.39, 0.29) is 11.4 Å². The number of carbonyl (C=O) groups excluding carboxylic acids is 3. The van der Waals surface area contributed by atoms with E-state index < -0.39 is 40.1 Å². The highest BCUT2D eigenvalue weighted by Gasteiger charge is 2.27. The van der Waals surface area contributed by atoms with Gasteiger partial charge in [0.15, 0.2) is 0 Å². The van der Waals surface area contributed by atoms with Gasteiger partial charge in [-0.15, -0.1) is 0 Å². The van der Waals surface area contributed by atoms with E-state index >= 15 is 0 Å². The number of methoxy groups -OCH3 is 1. The summed E-state index contributed by atoms with van der Waals surface area (Å²) in [5.41, 5.74) is 3.38. The number of hydrogen-bond donors (Lipinski definition) is 2. The Morgan fingerprint density at radius 2 is 1.71 bits per heavy atom. The molecule has 0 aliphatic carbocycles. The minimum absolute atomic E-state index is 0.0679. The fourth-order valence-corrected chi connectivity index (χ4v) is 4.27. The van der Waals surface area contributed by atoms with Crippen LogP contribution in [0.15, 0.2) is 53.4 Å². The van der Waals surface area contributed by atoms with Gasteiger partial charge in [0.25, 0.3) is 5.91 Å². The molecule has 12 heteroatoms. The molecule has 2 N–H and O–H groups in total. The molecule has 184 valence electrons. The van der Waals surface area contributed by atoms with E-state index in [9.17, 15) is 22.8 Å². The minimum atomic E-state index is -4.18. The van der Waals surface area contributed by atoms with Crippen molar-refractivity contribution in [2.75, 3.05) is 20.2 Å². The number of hydrazine groups is 1. The number of benzene rings is 2. The third-order valence-electron chi connectivity index (χ3n) is 4.20. The molecule has 10 nitrogen and oxygen atoms in total. The second-order valence-electron chi connectivity index (χ2n) is 8.05. The van der Waals surface area contributed by atoms with Crippen LogP contribution >= 0.6 is 11.6 Å². The highest BCUT2D eigenvalue weighted by atomic mass is 35.5. The average molecular weight is 512 g/mol. The van der Waals surface area contributed by atoms with E-state index in [1.54, 1.807) is 45.0 Å². The molecule has 2 rings (SSSR count). The summed E-state index contributed by atoms with van der Waals surface area (Å²) < 4.78 is 37.0. The number of hydrogen-bond acceptors (Lipinski definition) is 7. The summed E-state index contributed by atoms with van der Waals surface area (Å²) in [5, 5.41) is 1.88. The Balaban J connectivity index is 2.25. The zero-order valence-electron chi connectivity index (χ0n) is 19.1. The summed E-state index contributed by atoms with van der Waals surface area (Å²) in [5.74, 6) is -1.51. The summed E-state index contributed by atoms with van der Waals surface area (Å²) >= 11 is 5.98. The van der Waals surface area contributed by atoms with Crippen molar-refractivity contribution in [1.82, 2.24) is 15.2 Å². The number of sulfonamides is 1. The summed E-state index contributed by atoms with van der Waals surface area (Å²) in [6.07, 6.45) is 1.38. The van der Waals surface area contributed by atoms with Gasteiger partial charge >= 0.3 is 12.1 Å². The van der Waals surface area contributed by atoms with Crippen LogP contribution in [-0.2, 0) is 29.1 Å². The van der Waals surface area contributed by atoms with Gasteiger partial charge in [-0.2, -0.15) is 4.31 Å². The van der Waals surface area contributed by atoms with Crippen molar-refractivity contribution in [3.8, 4) is 0 Å². The minimum Gasteiger partial charge on any atom is -0.466 e. The number of halogens is 1. The molecule has 0 radical (unpaired) electrons. The summed E-state index contributed by atoms with van der Waals surface area (Å²) in [7, 11) is -3.00. The Morgan fingerprint density at radius 3 is 2.35 bits per heavy atom. The first kappa shape index (κ1) is 27.1. The van der Waals surface area contributed by atoms with Gasteiger partial charge < -0.3 is 9.47 Å². The third-order valence-corrected chi connectivity index (χ3v) is 6.24. The van der Waals surface area contributed by atoms with Gasteiger partial charge in [-0.25, -0.2) is 23.4 Å². The van der Waals surface area contributed by atoms with Crippen LogP contribution < -0.4 is 10.9 Å². The van der Waals surface area contributed by atoms with Gasteiger partial charge in [0.1, 0.15) is 5.60 Å². The normalized spacial score (nSPS) is 12.1. The number of rotatable bonds is 7. The van der Waals surface area contributed by atoms with Crippen molar-refractivity contribution < 1.29 is 32.3 Å². The van der Waals surface area contributed by atoms with Crippen molar-refractivity contribution in [3.63, 3.8) is 0 Å². The van der Waals surface area contributed by atoms with Crippen molar-refractivity contribution in [2.45, 2.75) is 31.3 Å². The quantitative estimate of drug-likeness (QED) is 0.332. The number of ether oxygens (including phenoxy) is 2. The van der Waals surface area contributed by atoms with E-state index in [0.717, 1.165) is 15.8 Å². The molecule has 0 heterocycles. The Bertz CT molecular complexity index is 1210. The summed E-state index contributed by atoms with van der Waals surface area (Å²) in [6, 6.07) is 9.44. The first-order chi connectivity index (χ1) is 15.8. The third kappa shape index (κ3) is 8.01. The smallest absolute Gasteiger partial charge is 0.426 e. The van der Waals surface area contributed by atoms with Crippen LogP contribution in [-0.4, -0.2) is 56.5 Å². The number of amides is 2. The molecule has 0 spiro atoms. The van der Waals surface area contributed by atoms with Crippen molar-refractivity contribution >= 4 is 50.4 Å². The predicted molar refractivity (Wildman–Crippen MR) is 126 cm³/mol. The second kappa shape index (κ2) is 11.3. The van der Waals surface area contributed by atoms with Crippen LogP contribution in [0.25, 0.3) is 10.8 Å². The Kier molecular flexibility index (Phi) is 9.02. The molecule has 0 aromatic heterocycles. The largest absolute Gasteiger partial charge is 0.466 e. The van der Waals surface area contributed by atoms with E-state index in [2.05, 4.69) is 15.6 Å². The van der Waals surface area contributed by atoms with E-state index in [1.807, 2.05) is 0 Å². The predicted octanol–water partition coefficient (Wildman–Crippen LogP) is 2.77. The molecule has 0 bridgehead atoms. The van der Waals surface area contributed by atoms with Gasteiger partial charge in [-0.3, -0.25) is 10.2 Å². The standard InChI is InChI=1S/C22H26ClN3O7S/c1-22(2,3)33-21(29)25-24-19(27)14-26(11-5-6-20(28)32-4)34(30,31)18-10-8-15-12-17(23)9-7-16(15)13-18/h5-10,12-13H,11,14H2,1-4H3,(H,24,27)(H,25,29). The Morgan fingerprint density at radius 1 is 1.06 bits per heavy atom. The van der Waals surface area contributed by atoms with Crippen LogP contribution in [0.4, 0.5) is 4.79 Å². The highest BCUT2D eigenvalue weighted by molar-refractivity contribution is 7.89. The van der Waals surface area contributed by atoms with Gasteiger partial charge in [-0.1, -0.05) is 29.8 Å². The molecule has 0 unspecified atom stereocenters. The number of carbonyl (C=O) groups is 3. The first-order valence-corrected chi connectivity index (χ1v) is 11.9. The fraction of sp³-hybridized carbons (Fsp3) is 0.318. The molecule has 34 heavy (non-hydrogen) atoms. The average Bonchev–Trinajstić information content (AvgIpc) is 2.75. The van der Waals surface area contributed by atoms with Gasteiger partial charge in [0.2, 0.25) is 10.0 Å². The maximum absolute atomic E-state index is 13.3. The Hall–Kier alpha value is -3.15. The van der Waals surface area contributed by atoms with Crippen LogP contribution in [0.3, 0.4) is 0 Å². The van der Waals surface area contributed by atoms with Crippen LogP contribution in [0.1, 0.15) is 20.8 Å². The number of nitrogens with one attached hydrogen (secondary N) is 2. The molecule has 0 atom stereocenters. The van der Waals surface area contributed by atoms with Gasteiger partial charge in [0, 0.05) is 17.6 Å². The van der Waals surface area contributed by atoms with Crippen molar-refractivity contribution in [3.05, 3.63) is 53.6 Å². The first-order valence-electron chi connectivity index (χ1n) is 10.0. The lowest BCUT2D eigenvalue weighted by atomic mass is 10.1. The van der Waals surface area contributed by atoms with E-state index in [0.29, 0.717) is 10.4 Å². The number of nitrogens with zero attached hydrogens (tertiary/aromatic N) is 1. The van der Waals surface area contributed by atoms with Crippen molar-refractivity contribution in [2.24, 2.45) is 0 Å². The van der Waals surface area contributed by atoms with Gasteiger partial charge in [0.05, 0.1) is 18.6 Å². The zero-order valence-corrected chi connectivity index (χ0v) is 20.7. The summed E-state index contributed by atoms with van der Waals surface area (Å²) in [6.45, 7) is 3.98. The molecule has 0 fully saturated rings.